The Morgan fingerprint density at radius 1 is 1.12 bits per heavy atom. The summed E-state index contributed by atoms with van der Waals surface area (Å²) >= 11 is 0. The number of nitrogens with one attached hydrogen (secondary N) is 1. The van der Waals surface area contributed by atoms with Gasteiger partial charge in [-0.15, -0.1) is 0 Å². The van der Waals surface area contributed by atoms with Crippen molar-refractivity contribution in [2.75, 3.05) is 31.1 Å². The molecule has 1 atom stereocenters. The minimum Gasteiger partial charge on any atom is -0.444 e. The maximum atomic E-state index is 13.1. The third-order valence-electron chi connectivity index (χ3n) is 7.41. The molecule has 4 heterocycles. The Morgan fingerprint density at radius 3 is 2.47 bits per heavy atom. The number of amides is 4. The van der Waals surface area contributed by atoms with Gasteiger partial charge in [0.1, 0.15) is 11.6 Å². The number of hydrogen-bond acceptors (Lipinski definition) is 6. The highest BCUT2D eigenvalue weighted by molar-refractivity contribution is 6.05. The maximum absolute atomic E-state index is 13.1. The molecule has 3 saturated heterocycles. The molecule has 3 fully saturated rings. The Bertz CT molecular complexity index is 1050. The summed E-state index contributed by atoms with van der Waals surface area (Å²) < 4.78 is 5.50. The first kappa shape index (κ1) is 22.7. The lowest BCUT2D eigenvalue weighted by Gasteiger charge is -2.55. The van der Waals surface area contributed by atoms with Gasteiger partial charge in [-0.3, -0.25) is 19.7 Å². The highest BCUT2D eigenvalue weighted by atomic mass is 16.6. The number of anilines is 1. The zero-order chi connectivity index (χ0) is 24.3. The molecule has 0 bridgehead atoms. The Morgan fingerprint density at radius 2 is 1.82 bits per heavy atom. The van der Waals surface area contributed by atoms with Gasteiger partial charge in [-0.1, -0.05) is 6.07 Å². The molecule has 1 aromatic rings. The molecule has 0 aliphatic carbocycles. The zero-order valence-corrected chi connectivity index (χ0v) is 20.1. The van der Waals surface area contributed by atoms with Gasteiger partial charge in [0.15, 0.2) is 0 Å². The normalized spacial score (nSPS) is 24.1. The molecule has 182 valence electrons. The molecule has 34 heavy (non-hydrogen) atoms. The SMILES string of the molecule is CC(C)(C)OC(=O)N1CCC2(CC1)CN(c1ccc3c(c1)C(=O)N(C1CCC(=O)NC1=O)C3)C2. The first-order chi connectivity index (χ1) is 16.0. The number of imide groups is 1. The van der Waals surface area contributed by atoms with Crippen LogP contribution in [0.25, 0.3) is 0 Å². The summed E-state index contributed by atoms with van der Waals surface area (Å²) in [6.45, 7) is 9.24. The molecule has 1 unspecified atom stereocenters. The number of ether oxygens (including phenoxy) is 1. The Labute approximate surface area is 199 Å². The van der Waals surface area contributed by atoms with E-state index in [1.54, 1.807) is 9.80 Å². The predicted octanol–water partition coefficient (Wildman–Crippen LogP) is 2.28. The molecule has 4 aliphatic heterocycles. The van der Waals surface area contributed by atoms with E-state index in [0.717, 1.165) is 37.2 Å². The lowest BCUT2D eigenvalue weighted by atomic mass is 9.72. The van der Waals surface area contributed by atoms with Crippen molar-refractivity contribution in [2.45, 2.75) is 64.6 Å². The zero-order valence-electron chi connectivity index (χ0n) is 20.1. The molecule has 9 heteroatoms. The van der Waals surface area contributed by atoms with Gasteiger partial charge in [-0.2, -0.15) is 0 Å². The van der Waals surface area contributed by atoms with Gasteiger partial charge >= 0.3 is 6.09 Å². The number of carbonyl (C=O) groups is 4. The van der Waals surface area contributed by atoms with Crippen LogP contribution in [0.2, 0.25) is 0 Å². The second-order valence-corrected chi connectivity index (χ2v) is 11.1. The molecule has 0 saturated carbocycles. The van der Waals surface area contributed by atoms with Crippen LogP contribution < -0.4 is 10.2 Å². The molecule has 0 aromatic heterocycles. The predicted molar refractivity (Wildman–Crippen MR) is 124 cm³/mol. The third-order valence-corrected chi connectivity index (χ3v) is 7.41. The Balaban J connectivity index is 1.19. The van der Waals surface area contributed by atoms with E-state index in [2.05, 4.69) is 10.2 Å². The van der Waals surface area contributed by atoms with Crippen LogP contribution in [-0.4, -0.2) is 71.4 Å². The molecule has 0 radical (unpaired) electrons. The lowest BCUT2D eigenvalue weighted by Crippen LogP contribution is -2.61. The molecule has 9 nitrogen and oxygen atoms in total. The van der Waals surface area contributed by atoms with E-state index in [-0.39, 0.29) is 35.7 Å². The molecular weight excluding hydrogens is 436 g/mol. The summed E-state index contributed by atoms with van der Waals surface area (Å²) in [5.74, 6) is -0.816. The monoisotopic (exact) mass is 468 g/mol. The van der Waals surface area contributed by atoms with Crippen molar-refractivity contribution in [1.29, 1.82) is 0 Å². The molecule has 5 rings (SSSR count). The minimum absolute atomic E-state index is 0.146. The number of hydrogen-bond donors (Lipinski definition) is 1. The first-order valence-electron chi connectivity index (χ1n) is 12.0. The molecule has 1 N–H and O–H groups in total. The molecule has 1 aromatic carbocycles. The van der Waals surface area contributed by atoms with Gasteiger partial charge in [-0.25, -0.2) is 4.79 Å². The van der Waals surface area contributed by atoms with Crippen LogP contribution in [0.15, 0.2) is 18.2 Å². The number of fused-ring (bicyclic) bond motifs is 1. The lowest BCUT2D eigenvalue weighted by molar-refractivity contribution is -0.136. The van der Waals surface area contributed by atoms with Crippen LogP contribution in [0.4, 0.5) is 10.5 Å². The van der Waals surface area contributed by atoms with Crippen molar-refractivity contribution in [1.82, 2.24) is 15.1 Å². The molecule has 1 spiro atoms. The number of carbonyl (C=O) groups excluding carboxylic acids is 4. The fourth-order valence-corrected chi connectivity index (χ4v) is 5.49. The van der Waals surface area contributed by atoms with Crippen LogP contribution in [-0.2, 0) is 20.9 Å². The minimum atomic E-state index is -0.594. The second-order valence-electron chi connectivity index (χ2n) is 11.1. The summed E-state index contributed by atoms with van der Waals surface area (Å²) in [6.07, 6.45) is 2.26. The van der Waals surface area contributed by atoms with E-state index in [1.165, 1.54) is 0 Å². The summed E-state index contributed by atoms with van der Waals surface area (Å²) in [5.41, 5.74) is 2.28. The summed E-state index contributed by atoms with van der Waals surface area (Å²) in [4.78, 5) is 54.8. The molecular formula is C25H32N4O5. The Kier molecular flexibility index (Phi) is 5.33. The number of likely N-dealkylation sites (tertiary alicyclic amines) is 1. The number of benzene rings is 1. The quantitative estimate of drug-likeness (QED) is 0.669. The van der Waals surface area contributed by atoms with Crippen molar-refractivity contribution >= 4 is 29.5 Å². The fourth-order valence-electron chi connectivity index (χ4n) is 5.49. The van der Waals surface area contributed by atoms with E-state index in [1.807, 2.05) is 39.0 Å². The fraction of sp³-hybridized carbons (Fsp3) is 0.600. The van der Waals surface area contributed by atoms with Crippen molar-refractivity contribution in [2.24, 2.45) is 5.41 Å². The molecule has 4 aliphatic rings. The second kappa shape index (κ2) is 7.99. The van der Waals surface area contributed by atoms with Crippen LogP contribution in [0, 0.1) is 5.41 Å². The van der Waals surface area contributed by atoms with Crippen molar-refractivity contribution in [3.63, 3.8) is 0 Å². The Hall–Kier alpha value is -3.10. The number of piperidine rings is 2. The van der Waals surface area contributed by atoms with Gasteiger partial charge in [-0.05, 0) is 57.7 Å². The van der Waals surface area contributed by atoms with Gasteiger partial charge in [0.25, 0.3) is 5.91 Å². The van der Waals surface area contributed by atoms with Gasteiger partial charge < -0.3 is 19.4 Å². The largest absolute Gasteiger partial charge is 0.444 e. The van der Waals surface area contributed by atoms with Crippen molar-refractivity contribution in [3.8, 4) is 0 Å². The highest BCUT2D eigenvalue weighted by Crippen LogP contribution is 2.43. The number of rotatable bonds is 2. The summed E-state index contributed by atoms with van der Waals surface area (Å²) in [5, 5.41) is 2.34. The van der Waals surface area contributed by atoms with Gasteiger partial charge in [0.05, 0.1) is 0 Å². The van der Waals surface area contributed by atoms with Crippen LogP contribution in [0.5, 0.6) is 0 Å². The van der Waals surface area contributed by atoms with E-state index in [9.17, 15) is 19.2 Å². The van der Waals surface area contributed by atoms with E-state index in [4.69, 9.17) is 4.74 Å². The topological polar surface area (TPSA) is 99.3 Å². The summed E-state index contributed by atoms with van der Waals surface area (Å²) in [7, 11) is 0. The first-order valence-corrected chi connectivity index (χ1v) is 12.0. The molecule has 4 amide bonds. The summed E-state index contributed by atoms with van der Waals surface area (Å²) in [6, 6.07) is 5.36. The average Bonchev–Trinajstić information content (AvgIpc) is 3.06. The van der Waals surface area contributed by atoms with E-state index in [0.29, 0.717) is 31.6 Å². The van der Waals surface area contributed by atoms with Gasteiger partial charge in [0, 0.05) is 55.8 Å². The maximum Gasteiger partial charge on any atom is 0.410 e. The van der Waals surface area contributed by atoms with Crippen molar-refractivity contribution < 1.29 is 23.9 Å². The van der Waals surface area contributed by atoms with Crippen LogP contribution in [0.1, 0.15) is 62.4 Å². The third kappa shape index (κ3) is 4.12. The highest BCUT2D eigenvalue weighted by Gasteiger charge is 2.46. The number of nitrogens with zero attached hydrogens (tertiary/aromatic N) is 3. The van der Waals surface area contributed by atoms with Gasteiger partial charge in [0.2, 0.25) is 11.8 Å². The van der Waals surface area contributed by atoms with Crippen LogP contribution >= 0.6 is 0 Å². The van der Waals surface area contributed by atoms with E-state index >= 15 is 0 Å². The standard InChI is InChI=1S/C25H32N4O5/c1-24(2,3)34-23(33)27-10-8-25(9-11-27)14-28(15-25)17-5-4-16-13-29(22(32)18(16)12-17)19-6-7-20(30)26-21(19)31/h4-5,12,19H,6-11,13-15H2,1-3H3,(H,26,30,31). The van der Waals surface area contributed by atoms with Crippen molar-refractivity contribution in [3.05, 3.63) is 29.3 Å². The smallest absolute Gasteiger partial charge is 0.410 e. The van der Waals surface area contributed by atoms with E-state index < -0.39 is 11.6 Å². The average molecular weight is 469 g/mol. The van der Waals surface area contributed by atoms with Crippen LogP contribution in [0.3, 0.4) is 0 Å².